The van der Waals surface area contributed by atoms with Crippen LogP contribution in [0.25, 0.3) is 0 Å². The molecule has 0 spiro atoms. The Morgan fingerprint density at radius 2 is 1.19 bits per heavy atom. The minimum atomic E-state index is -4.79. The maximum atomic E-state index is 12.5. The van der Waals surface area contributed by atoms with Gasteiger partial charge in [0.2, 0.25) is 0 Å². The van der Waals surface area contributed by atoms with Crippen LogP contribution < -0.4 is 0 Å². The van der Waals surface area contributed by atoms with Crippen molar-refractivity contribution in [2.75, 3.05) is 13.1 Å². The molecule has 0 aromatic carbocycles. The molecule has 0 saturated carbocycles. The quantitative estimate of drug-likeness (QED) is 0.645. The van der Waals surface area contributed by atoms with Crippen molar-refractivity contribution in [3.63, 3.8) is 0 Å². The van der Waals surface area contributed by atoms with Crippen LogP contribution in [0, 0.1) is 11.8 Å². The second-order valence-corrected chi connectivity index (χ2v) is 4.34. The largest absolute Gasteiger partial charge is 0.393 e. The molecule has 0 aliphatic carbocycles. The molecule has 1 fully saturated rings. The van der Waals surface area contributed by atoms with Gasteiger partial charge in [-0.15, -0.1) is 0 Å². The summed E-state index contributed by atoms with van der Waals surface area (Å²) in [6.07, 6.45) is -9.58. The molecule has 0 N–H and O–H groups in total. The number of alkyl halides is 6. The van der Waals surface area contributed by atoms with Gasteiger partial charge in [0.25, 0.3) is 0 Å². The second-order valence-electron chi connectivity index (χ2n) is 4.34. The van der Waals surface area contributed by atoms with Gasteiger partial charge < -0.3 is 0 Å². The van der Waals surface area contributed by atoms with E-state index < -0.39 is 37.3 Å². The van der Waals surface area contributed by atoms with E-state index in [1.165, 1.54) is 4.90 Å². The van der Waals surface area contributed by atoms with Crippen molar-refractivity contribution in [1.29, 1.82) is 0 Å². The van der Waals surface area contributed by atoms with Gasteiger partial charge in [-0.2, -0.15) is 26.3 Å². The van der Waals surface area contributed by atoms with Crippen LogP contribution in [0.4, 0.5) is 26.3 Å². The van der Waals surface area contributed by atoms with E-state index in [0.717, 1.165) is 0 Å². The fourth-order valence-electron chi connectivity index (χ4n) is 1.92. The Balaban J connectivity index is 2.89. The minimum Gasteiger partial charge on any atom is -0.300 e. The van der Waals surface area contributed by atoms with Crippen molar-refractivity contribution in [2.45, 2.75) is 32.2 Å². The lowest BCUT2D eigenvalue weighted by Crippen LogP contribution is -2.37. The highest BCUT2D eigenvalue weighted by molar-refractivity contribution is 4.92. The molecule has 1 rings (SSSR count). The third-order valence-corrected chi connectivity index (χ3v) is 2.92. The maximum Gasteiger partial charge on any atom is 0.393 e. The molecule has 1 nitrogen and oxygen atoms in total. The predicted molar refractivity (Wildman–Crippen MR) is 45.8 cm³/mol. The van der Waals surface area contributed by atoms with Crippen molar-refractivity contribution < 1.29 is 26.3 Å². The first-order chi connectivity index (χ1) is 7.03. The van der Waals surface area contributed by atoms with Crippen LogP contribution >= 0.6 is 0 Å². The number of hydrogen-bond acceptors (Lipinski definition) is 1. The van der Waals surface area contributed by atoms with Gasteiger partial charge in [-0.3, -0.25) is 4.90 Å². The minimum absolute atomic E-state index is 0.308. The fraction of sp³-hybridized carbons (Fsp3) is 1.00. The molecular weight excluding hydrogens is 236 g/mol. The van der Waals surface area contributed by atoms with Gasteiger partial charge in [-0.05, 0) is 13.8 Å². The van der Waals surface area contributed by atoms with Crippen LogP contribution in [-0.2, 0) is 0 Å². The summed E-state index contributed by atoms with van der Waals surface area (Å²) in [6, 6.07) is -0.308. The van der Waals surface area contributed by atoms with Gasteiger partial charge in [0, 0.05) is 19.1 Å². The average Bonchev–Trinajstić information content (AvgIpc) is 2.44. The summed E-state index contributed by atoms with van der Waals surface area (Å²) in [4.78, 5) is 1.22. The molecule has 96 valence electrons. The van der Waals surface area contributed by atoms with Crippen molar-refractivity contribution in [2.24, 2.45) is 11.8 Å². The standard InChI is InChI=1S/C9H13F6N/c1-5(2)16-3-6(8(10,11)12)7(4-16)9(13,14)15/h5-7H,3-4H2,1-2H3/t6-,7-/m0/s1. The topological polar surface area (TPSA) is 3.24 Å². The lowest BCUT2D eigenvalue weighted by molar-refractivity contribution is -0.239. The highest BCUT2D eigenvalue weighted by atomic mass is 19.4. The molecule has 0 aromatic rings. The molecule has 1 saturated heterocycles. The van der Waals surface area contributed by atoms with Gasteiger partial charge in [0.1, 0.15) is 0 Å². The summed E-state index contributed by atoms with van der Waals surface area (Å²) in [7, 11) is 0. The van der Waals surface area contributed by atoms with Crippen molar-refractivity contribution >= 4 is 0 Å². The van der Waals surface area contributed by atoms with Crippen molar-refractivity contribution in [1.82, 2.24) is 4.90 Å². The van der Waals surface area contributed by atoms with Crippen LogP contribution in [0.3, 0.4) is 0 Å². The Labute approximate surface area is 89.4 Å². The summed E-state index contributed by atoms with van der Waals surface area (Å²) in [6.45, 7) is 2.05. The average molecular weight is 249 g/mol. The van der Waals surface area contributed by atoms with Crippen LogP contribution in [-0.4, -0.2) is 36.4 Å². The van der Waals surface area contributed by atoms with E-state index in [4.69, 9.17) is 0 Å². The molecule has 0 unspecified atom stereocenters. The Kier molecular flexibility index (Phi) is 3.47. The van der Waals surface area contributed by atoms with Crippen LogP contribution in [0.1, 0.15) is 13.8 Å². The zero-order valence-electron chi connectivity index (χ0n) is 8.86. The third kappa shape index (κ3) is 2.81. The molecule has 7 heteroatoms. The van der Waals surface area contributed by atoms with Crippen molar-refractivity contribution in [3.05, 3.63) is 0 Å². The monoisotopic (exact) mass is 249 g/mol. The van der Waals surface area contributed by atoms with Gasteiger partial charge in [-0.1, -0.05) is 0 Å². The molecule has 1 aliphatic heterocycles. The van der Waals surface area contributed by atoms with E-state index in [-0.39, 0.29) is 6.04 Å². The zero-order valence-corrected chi connectivity index (χ0v) is 8.86. The summed E-state index contributed by atoms with van der Waals surface area (Å²) in [5.41, 5.74) is 0. The maximum absolute atomic E-state index is 12.5. The summed E-state index contributed by atoms with van der Waals surface area (Å²) in [5.74, 6) is -4.59. The predicted octanol–water partition coefficient (Wildman–Crippen LogP) is 3.07. The fourth-order valence-corrected chi connectivity index (χ4v) is 1.92. The normalized spacial score (nSPS) is 29.1. The molecule has 1 heterocycles. The number of likely N-dealkylation sites (tertiary alicyclic amines) is 1. The van der Waals surface area contributed by atoms with Crippen molar-refractivity contribution in [3.8, 4) is 0 Å². The molecule has 0 amide bonds. The van der Waals surface area contributed by atoms with E-state index in [0.29, 0.717) is 0 Å². The molecule has 16 heavy (non-hydrogen) atoms. The highest BCUT2D eigenvalue weighted by Gasteiger charge is 2.59. The number of hydrogen-bond donors (Lipinski definition) is 0. The van der Waals surface area contributed by atoms with Gasteiger partial charge in [0.15, 0.2) is 0 Å². The highest BCUT2D eigenvalue weighted by Crippen LogP contribution is 2.45. The van der Waals surface area contributed by atoms with Gasteiger partial charge in [-0.25, -0.2) is 0 Å². The Morgan fingerprint density at radius 3 is 1.38 bits per heavy atom. The van der Waals surface area contributed by atoms with E-state index in [1.807, 2.05) is 0 Å². The zero-order chi connectivity index (χ0) is 12.7. The summed E-state index contributed by atoms with van der Waals surface area (Å²) in [5, 5.41) is 0. The molecule has 0 aromatic heterocycles. The van der Waals surface area contributed by atoms with Crippen LogP contribution in [0.15, 0.2) is 0 Å². The summed E-state index contributed by atoms with van der Waals surface area (Å²) >= 11 is 0. The first-order valence-electron chi connectivity index (χ1n) is 4.91. The van der Waals surface area contributed by atoms with E-state index in [9.17, 15) is 26.3 Å². The first kappa shape index (κ1) is 13.6. The Hall–Kier alpha value is -0.460. The second kappa shape index (κ2) is 4.09. The number of nitrogens with zero attached hydrogens (tertiary/aromatic N) is 1. The van der Waals surface area contributed by atoms with Crippen LogP contribution in [0.5, 0.6) is 0 Å². The summed E-state index contributed by atoms with van der Waals surface area (Å²) < 4.78 is 74.7. The molecule has 2 atom stereocenters. The van der Waals surface area contributed by atoms with E-state index in [1.54, 1.807) is 13.8 Å². The lowest BCUT2D eigenvalue weighted by Gasteiger charge is -2.23. The Morgan fingerprint density at radius 1 is 0.875 bits per heavy atom. The molecule has 1 aliphatic rings. The van der Waals surface area contributed by atoms with E-state index in [2.05, 4.69) is 0 Å². The smallest absolute Gasteiger partial charge is 0.300 e. The number of rotatable bonds is 1. The lowest BCUT2D eigenvalue weighted by atomic mass is 9.95. The van der Waals surface area contributed by atoms with E-state index >= 15 is 0 Å². The SMILES string of the molecule is CC(C)N1C[C@H](C(F)(F)F)[C@@H](C(F)(F)F)C1. The molecule has 0 radical (unpaired) electrons. The van der Waals surface area contributed by atoms with Crippen LogP contribution in [0.2, 0.25) is 0 Å². The first-order valence-corrected chi connectivity index (χ1v) is 4.91. The van der Waals surface area contributed by atoms with Gasteiger partial charge >= 0.3 is 12.4 Å². The third-order valence-electron chi connectivity index (χ3n) is 2.92. The number of halogens is 6. The molecular formula is C9H13F6N. The molecule has 0 bridgehead atoms. The Bertz CT molecular complexity index is 221. The van der Waals surface area contributed by atoms with Gasteiger partial charge in [0.05, 0.1) is 11.8 Å².